The van der Waals surface area contributed by atoms with Crippen molar-refractivity contribution in [3.63, 3.8) is 0 Å². The monoisotopic (exact) mass is 295 g/mol. The minimum absolute atomic E-state index is 0.135. The first kappa shape index (κ1) is 16.3. The Hall–Kier alpha value is -0.780. The van der Waals surface area contributed by atoms with Gasteiger partial charge in [0.1, 0.15) is 0 Å². The summed E-state index contributed by atoms with van der Waals surface area (Å²) in [6.07, 6.45) is -4.29. The van der Waals surface area contributed by atoms with Gasteiger partial charge in [-0.25, -0.2) is 0 Å². The molecule has 1 rings (SSSR count). The van der Waals surface area contributed by atoms with E-state index in [9.17, 15) is 13.2 Å². The van der Waals surface area contributed by atoms with Crippen molar-refractivity contribution in [3.8, 4) is 0 Å². The summed E-state index contributed by atoms with van der Waals surface area (Å²) in [4.78, 5) is 1.94. The molecule has 2 nitrogen and oxygen atoms in total. The Morgan fingerprint density at radius 3 is 2.32 bits per heavy atom. The Morgan fingerprint density at radius 2 is 1.84 bits per heavy atom. The van der Waals surface area contributed by atoms with Gasteiger partial charge in [-0.1, -0.05) is 12.1 Å². The highest BCUT2D eigenvalue weighted by Gasteiger charge is 2.29. The van der Waals surface area contributed by atoms with Crippen LogP contribution in [0.5, 0.6) is 0 Å². The summed E-state index contributed by atoms with van der Waals surface area (Å²) < 4.78 is 42.1. The molecule has 0 aromatic heterocycles. The number of halogens is 4. The third kappa shape index (κ3) is 5.80. The topological polar surface area (TPSA) is 12.5 Å². The van der Waals surface area contributed by atoms with E-state index in [0.717, 1.165) is 17.7 Å². The van der Waals surface area contributed by atoms with E-state index in [1.54, 1.807) is 7.11 Å². The first-order valence-corrected chi connectivity index (χ1v) is 6.24. The second-order valence-corrected chi connectivity index (χ2v) is 5.06. The minimum Gasteiger partial charge on any atom is -0.383 e. The summed E-state index contributed by atoms with van der Waals surface area (Å²) in [5.41, 5.74) is 0.185. The van der Waals surface area contributed by atoms with Gasteiger partial charge in [-0.3, -0.25) is 0 Å². The van der Waals surface area contributed by atoms with E-state index in [-0.39, 0.29) is 5.38 Å². The Morgan fingerprint density at radius 1 is 1.26 bits per heavy atom. The van der Waals surface area contributed by atoms with Crippen LogP contribution < -0.4 is 0 Å². The van der Waals surface area contributed by atoms with Crippen molar-refractivity contribution < 1.29 is 17.9 Å². The van der Waals surface area contributed by atoms with Crippen LogP contribution >= 0.6 is 11.6 Å². The molecule has 0 radical (unpaired) electrons. The van der Waals surface area contributed by atoms with Gasteiger partial charge in [0, 0.05) is 20.2 Å². The fourth-order valence-corrected chi connectivity index (χ4v) is 2.11. The summed E-state index contributed by atoms with van der Waals surface area (Å²) in [6, 6.07) is 5.16. The molecule has 1 aromatic rings. The molecule has 0 fully saturated rings. The lowest BCUT2D eigenvalue weighted by molar-refractivity contribution is -0.137. The maximum atomic E-state index is 12.4. The van der Waals surface area contributed by atoms with Gasteiger partial charge in [0.15, 0.2) is 0 Å². The van der Waals surface area contributed by atoms with Crippen LogP contribution in [0.1, 0.15) is 11.1 Å². The van der Waals surface area contributed by atoms with Crippen molar-refractivity contribution in [1.29, 1.82) is 0 Å². The highest BCUT2D eigenvalue weighted by molar-refractivity contribution is 6.20. The van der Waals surface area contributed by atoms with Gasteiger partial charge in [0.05, 0.1) is 17.5 Å². The lowest BCUT2D eigenvalue weighted by atomic mass is 10.1. The van der Waals surface area contributed by atoms with Crippen LogP contribution in [0.25, 0.3) is 0 Å². The third-order valence-electron chi connectivity index (χ3n) is 2.59. The molecule has 19 heavy (non-hydrogen) atoms. The number of hydrogen-bond donors (Lipinski definition) is 0. The molecule has 0 aliphatic carbocycles. The van der Waals surface area contributed by atoms with E-state index in [4.69, 9.17) is 16.3 Å². The fraction of sp³-hybridized carbons (Fsp3) is 0.538. The van der Waals surface area contributed by atoms with Crippen LogP contribution in [0.2, 0.25) is 0 Å². The maximum absolute atomic E-state index is 12.4. The first-order chi connectivity index (χ1) is 8.82. The molecule has 0 aliphatic heterocycles. The molecule has 0 bridgehead atoms. The van der Waals surface area contributed by atoms with Crippen LogP contribution in [0.15, 0.2) is 24.3 Å². The van der Waals surface area contributed by atoms with Crippen molar-refractivity contribution in [2.75, 3.05) is 27.3 Å². The normalized spacial score (nSPS) is 13.8. The Labute approximate surface area is 116 Å². The molecule has 1 atom stereocenters. The molecule has 0 heterocycles. The van der Waals surface area contributed by atoms with Crippen LogP contribution in [-0.2, 0) is 17.5 Å². The molecule has 0 saturated heterocycles. The smallest absolute Gasteiger partial charge is 0.383 e. The summed E-state index contributed by atoms with van der Waals surface area (Å²) in [6.45, 7) is 1.60. The van der Waals surface area contributed by atoms with E-state index < -0.39 is 11.7 Å². The van der Waals surface area contributed by atoms with Gasteiger partial charge in [0.2, 0.25) is 0 Å². The van der Waals surface area contributed by atoms with E-state index in [1.165, 1.54) is 12.1 Å². The highest BCUT2D eigenvalue weighted by atomic mass is 35.5. The number of methoxy groups -OCH3 is 1. The summed E-state index contributed by atoms with van der Waals surface area (Å²) in [7, 11) is 3.44. The Kier molecular flexibility index (Phi) is 6.10. The van der Waals surface area contributed by atoms with Crippen molar-refractivity contribution >= 4 is 11.6 Å². The molecule has 1 aromatic carbocycles. The van der Waals surface area contributed by atoms with E-state index in [2.05, 4.69) is 0 Å². The molecular weight excluding hydrogens is 279 g/mol. The van der Waals surface area contributed by atoms with Gasteiger partial charge in [-0.15, -0.1) is 11.6 Å². The van der Waals surface area contributed by atoms with Gasteiger partial charge >= 0.3 is 6.18 Å². The summed E-state index contributed by atoms with van der Waals surface area (Å²) >= 11 is 6.01. The van der Waals surface area contributed by atoms with Crippen molar-refractivity contribution in [1.82, 2.24) is 4.90 Å². The van der Waals surface area contributed by atoms with Crippen molar-refractivity contribution in [2.45, 2.75) is 18.1 Å². The van der Waals surface area contributed by atoms with Gasteiger partial charge in [-0.05, 0) is 24.7 Å². The van der Waals surface area contributed by atoms with Crippen molar-refractivity contribution in [3.05, 3.63) is 35.4 Å². The predicted octanol–water partition coefficient (Wildman–Crippen LogP) is 3.39. The number of benzene rings is 1. The lowest BCUT2D eigenvalue weighted by Gasteiger charge is -2.20. The van der Waals surface area contributed by atoms with Crippen LogP contribution in [0.4, 0.5) is 13.2 Å². The number of hydrogen-bond acceptors (Lipinski definition) is 2. The number of alkyl halides is 4. The molecule has 6 heteroatoms. The molecule has 1 unspecified atom stereocenters. The zero-order valence-corrected chi connectivity index (χ0v) is 11.6. The second kappa shape index (κ2) is 7.12. The predicted molar refractivity (Wildman–Crippen MR) is 69.3 cm³/mol. The number of ether oxygens (including phenoxy) is 1. The van der Waals surface area contributed by atoms with E-state index in [0.29, 0.717) is 19.7 Å². The molecule has 0 aliphatic rings. The standard InChI is InChI=1S/C13H17ClF3NO/c1-18(8-12(14)9-19-2)7-10-3-5-11(6-4-10)13(15,16)17/h3-6,12H,7-9H2,1-2H3. The Bertz CT molecular complexity index is 380. The van der Waals surface area contributed by atoms with Gasteiger partial charge < -0.3 is 9.64 Å². The average molecular weight is 296 g/mol. The number of rotatable bonds is 6. The molecule has 108 valence electrons. The third-order valence-corrected chi connectivity index (χ3v) is 2.86. The summed E-state index contributed by atoms with van der Waals surface area (Å²) in [5.74, 6) is 0. The van der Waals surface area contributed by atoms with Crippen LogP contribution in [0, 0.1) is 0 Å². The van der Waals surface area contributed by atoms with Crippen LogP contribution in [0.3, 0.4) is 0 Å². The quantitative estimate of drug-likeness (QED) is 0.746. The SMILES string of the molecule is COCC(Cl)CN(C)Cc1ccc(C(F)(F)F)cc1. The Balaban J connectivity index is 2.53. The zero-order valence-electron chi connectivity index (χ0n) is 10.9. The number of nitrogens with zero attached hydrogens (tertiary/aromatic N) is 1. The van der Waals surface area contributed by atoms with E-state index >= 15 is 0 Å². The van der Waals surface area contributed by atoms with E-state index in [1.807, 2.05) is 11.9 Å². The van der Waals surface area contributed by atoms with Gasteiger partial charge in [-0.2, -0.15) is 13.2 Å². The minimum atomic E-state index is -4.29. The largest absolute Gasteiger partial charge is 0.416 e. The zero-order chi connectivity index (χ0) is 14.5. The molecule has 0 N–H and O–H groups in total. The molecular formula is C13H17ClF3NO. The summed E-state index contributed by atoms with van der Waals surface area (Å²) in [5, 5.41) is -0.135. The molecule has 0 spiro atoms. The molecule has 0 saturated carbocycles. The molecule has 0 amide bonds. The van der Waals surface area contributed by atoms with Gasteiger partial charge in [0.25, 0.3) is 0 Å². The first-order valence-electron chi connectivity index (χ1n) is 5.80. The maximum Gasteiger partial charge on any atom is 0.416 e. The highest BCUT2D eigenvalue weighted by Crippen LogP contribution is 2.29. The van der Waals surface area contributed by atoms with Crippen molar-refractivity contribution in [2.24, 2.45) is 0 Å². The lowest BCUT2D eigenvalue weighted by Crippen LogP contribution is -2.28. The van der Waals surface area contributed by atoms with Crippen LogP contribution in [-0.4, -0.2) is 37.6 Å². The average Bonchev–Trinajstić information content (AvgIpc) is 2.28. The second-order valence-electron chi connectivity index (χ2n) is 4.44. The fourth-order valence-electron chi connectivity index (χ4n) is 1.75.